The van der Waals surface area contributed by atoms with Crippen molar-refractivity contribution in [1.82, 2.24) is 53.2 Å². The Hall–Kier alpha value is -9.28. The van der Waals surface area contributed by atoms with Crippen molar-refractivity contribution in [2.45, 2.75) is 273 Å². The van der Waals surface area contributed by atoms with Crippen LogP contribution >= 0.6 is 23.2 Å². The number of aliphatic hydroxyl groups excluding tert-OH is 5. The van der Waals surface area contributed by atoms with Crippen molar-refractivity contribution in [1.29, 1.82) is 0 Å². The lowest BCUT2D eigenvalue weighted by Crippen LogP contribution is -2.66. The van der Waals surface area contributed by atoms with Crippen LogP contribution in [0.5, 0.6) is 46.0 Å². The highest BCUT2D eigenvalue weighted by atomic mass is 35.5. The SMILES string of the molecule is CCCCCCCCCCNCCN[C@H](CC(C)C)C(=O)N[C@H]1C(=O)N[C@@H](CC(N)=O)C(=O)N[C@H]2C(=O)N[C@H]3C(=O)N[C@H](C(=O)N[C@H](C(=O)O)c4cc(O)cc(O)c4-c4cc3ccc4O)[C@H](O)c3ccc(c(Cl)c3)Oc3cc2cc(c3O[C@@H]2O[C@H](CN)[C@@H](O)[C@H](O)[C@H]2O[C@H]2C[C@](C)(NCCNCCCCCCCCCC)[C@H](O)[C@H](C)O2)Oc2ccc(cc2Cl)[C@H]1O. The average Bonchev–Trinajstić information content (AvgIpc) is 0.766. The minimum Gasteiger partial charge on any atom is -0.508 e. The first-order valence-corrected chi connectivity index (χ1v) is 44.5. The summed E-state index contributed by atoms with van der Waals surface area (Å²) in [6.07, 6.45) is 0.705. The number of phenolic OH excluding ortho intramolecular Hbond substituents is 3. The standard InChI is InChI=1S/C89H124Cl2N12O23/c1-7-9-11-13-15-17-19-21-29-94-31-33-96-57(35-46(3)4)81(113)102-72-74(108)49-24-27-61(55(90)37-49)122-63-39-51-40-64(78(63)126-88-79(77(111)76(110)65(45-92)124-88)125-67-44-89(6,80(112)47(5)121-67)97-34-32-95-30-22-20-18-16-14-12-10-8-2)123-62-28-25-50(38-56(62)91)75(109)73-86(118)101-71(87(119)120)54-41-52(104)42-60(106)68(54)53-36-48(23-26-59(53)105)69(83(115)103-73)100-84(116)70(51)99-82(114)58(43-66(93)107)98-85(72)117/h23-28,36-42,46-47,57-58,65,67,69-77,79-80,88,94-97,104-106,108-112H,7-22,29-35,43-45,92H2,1-6H3,(H2,93,107)(H,98,117)(H,99,114)(H,100,116)(H,101,118)(H,102,113)(H,103,115)(H,119,120)/t47-,57+,58-,65+,67-,69+,70+,71-,72+,73-,74+,75+,76+,77-,79+,80+,88-,89-/m0/s1. The molecule has 35 nitrogen and oxygen atoms in total. The van der Waals surface area contributed by atoms with Crippen molar-refractivity contribution in [2.24, 2.45) is 17.4 Å². The number of fused-ring (bicyclic) bond motifs is 15. The third-order valence-corrected chi connectivity index (χ3v) is 24.0. The zero-order valence-corrected chi connectivity index (χ0v) is 73.4. The number of phenols is 3. The molecule has 0 aliphatic carbocycles. The molecule has 7 amide bonds. The van der Waals surface area contributed by atoms with Gasteiger partial charge >= 0.3 is 5.97 Å². The van der Waals surface area contributed by atoms with Gasteiger partial charge in [-0.2, -0.15) is 0 Å². The number of amides is 7. The molecule has 7 aliphatic heterocycles. The fourth-order valence-electron chi connectivity index (χ4n) is 16.4. The summed E-state index contributed by atoms with van der Waals surface area (Å²) in [7, 11) is 0. The van der Waals surface area contributed by atoms with Gasteiger partial charge in [0.2, 0.25) is 53.4 Å². The maximum absolute atomic E-state index is 16.4. The molecule has 0 saturated carbocycles. The van der Waals surface area contributed by atoms with Crippen LogP contribution in [0.2, 0.25) is 10.0 Å². The third kappa shape index (κ3) is 25.8. The van der Waals surface area contributed by atoms with E-state index >= 15 is 24.0 Å². The number of halogens is 2. The Labute approximate surface area is 742 Å². The van der Waals surface area contributed by atoms with Crippen LogP contribution in [0.15, 0.2) is 78.9 Å². The van der Waals surface area contributed by atoms with Gasteiger partial charge in [0.1, 0.15) is 89.5 Å². The maximum Gasteiger partial charge on any atom is 0.330 e. The zero-order chi connectivity index (χ0) is 91.2. The molecule has 23 N–H and O–H groups in total. The number of benzene rings is 5. The Morgan fingerprint density at radius 2 is 1.17 bits per heavy atom. The van der Waals surface area contributed by atoms with E-state index in [4.69, 9.17) is 63.1 Å². The molecule has 5 aromatic rings. The zero-order valence-electron chi connectivity index (χ0n) is 71.9. The highest BCUT2D eigenvalue weighted by molar-refractivity contribution is 6.32. The number of hydrogen-bond donors (Lipinski definition) is 21. The number of ether oxygens (including phenoxy) is 6. The van der Waals surface area contributed by atoms with E-state index in [1.165, 1.54) is 81.7 Å². The minimum absolute atomic E-state index is 0.0835. The minimum atomic E-state index is -2.34. The fraction of sp³-hybridized carbons (Fsp3) is 0.573. The summed E-state index contributed by atoms with van der Waals surface area (Å²) in [6.45, 7) is 14.2. The first kappa shape index (κ1) is 98.9. The third-order valence-electron chi connectivity index (χ3n) is 23.4. The van der Waals surface area contributed by atoms with Crippen LogP contribution in [0.25, 0.3) is 11.1 Å². The van der Waals surface area contributed by atoms with E-state index in [1.807, 2.05) is 13.8 Å². The molecule has 5 aromatic carbocycles. The molecule has 0 radical (unpaired) electrons. The Kier molecular flexibility index (Phi) is 36.6. The Morgan fingerprint density at radius 3 is 1.75 bits per heavy atom. The summed E-state index contributed by atoms with van der Waals surface area (Å²) >= 11 is 14.5. The molecular formula is C89H124Cl2N12O23. The molecule has 0 unspecified atom stereocenters. The summed E-state index contributed by atoms with van der Waals surface area (Å²) in [4.78, 5) is 120. The summed E-state index contributed by atoms with van der Waals surface area (Å²) in [5.41, 5.74) is 8.34. The summed E-state index contributed by atoms with van der Waals surface area (Å²) < 4.78 is 40.0. The number of carboxylic acid groups (broad SMARTS) is 1. The predicted molar refractivity (Wildman–Crippen MR) is 465 cm³/mol. The Bertz CT molecular complexity index is 4570. The quantitative estimate of drug-likeness (QED) is 0.0187. The van der Waals surface area contributed by atoms with Crippen LogP contribution in [0.3, 0.4) is 0 Å². The summed E-state index contributed by atoms with van der Waals surface area (Å²) in [5.74, 6) is -15.6. The smallest absolute Gasteiger partial charge is 0.330 e. The largest absolute Gasteiger partial charge is 0.508 e. The van der Waals surface area contributed by atoms with E-state index in [1.54, 1.807) is 13.8 Å². The molecule has 12 rings (SSSR count). The van der Waals surface area contributed by atoms with Crippen LogP contribution in [0, 0.1) is 5.92 Å². The van der Waals surface area contributed by atoms with Gasteiger partial charge in [-0.25, -0.2) is 4.79 Å². The van der Waals surface area contributed by atoms with Gasteiger partial charge in [0.15, 0.2) is 29.9 Å². The molecule has 7 aliphatic rings. The normalized spacial score (nSPS) is 26.0. The van der Waals surface area contributed by atoms with Crippen molar-refractivity contribution in [3.63, 3.8) is 0 Å². The van der Waals surface area contributed by atoms with Crippen molar-refractivity contribution in [3.8, 4) is 57.1 Å². The van der Waals surface area contributed by atoms with Crippen molar-refractivity contribution in [2.75, 3.05) is 45.8 Å². The summed E-state index contributed by atoms with van der Waals surface area (Å²) in [6, 6.07) is -0.125. The number of aromatic hydroxyl groups is 3. The number of aliphatic hydroxyl groups is 5. The van der Waals surface area contributed by atoms with E-state index < -0.39 is 231 Å². The van der Waals surface area contributed by atoms with Crippen molar-refractivity contribution >= 4 is 70.5 Å². The number of unbranched alkanes of at least 4 members (excludes halogenated alkanes) is 14. The molecule has 0 spiro atoms. The molecular weight excluding hydrogens is 1680 g/mol. The molecule has 18 atom stereocenters. The second-order valence-corrected chi connectivity index (χ2v) is 34.5. The lowest BCUT2D eigenvalue weighted by Gasteiger charge is -2.48. The van der Waals surface area contributed by atoms with Gasteiger partial charge in [-0.05, 0) is 129 Å². The number of hydrogen-bond acceptors (Lipinski definition) is 27. The monoisotopic (exact) mass is 1800 g/mol. The predicted octanol–water partition coefficient (Wildman–Crippen LogP) is 6.53. The van der Waals surface area contributed by atoms with Gasteiger partial charge < -0.3 is 139 Å². The van der Waals surface area contributed by atoms with Crippen molar-refractivity contribution < 1.29 is 113 Å². The van der Waals surface area contributed by atoms with Crippen LogP contribution < -0.4 is 78.8 Å². The number of rotatable bonds is 38. The molecule has 0 aromatic heterocycles. The summed E-state index contributed by atoms with van der Waals surface area (Å²) in [5, 5.41) is 134. The van der Waals surface area contributed by atoms with Crippen LogP contribution in [-0.2, 0) is 52.6 Å². The highest BCUT2D eigenvalue weighted by Gasteiger charge is 2.52. The Morgan fingerprint density at radius 1 is 0.603 bits per heavy atom. The van der Waals surface area contributed by atoms with Gasteiger partial charge in [-0.15, -0.1) is 0 Å². The van der Waals surface area contributed by atoms with E-state index in [0.29, 0.717) is 19.6 Å². The number of nitrogens with one attached hydrogen (secondary N) is 10. The van der Waals surface area contributed by atoms with Gasteiger partial charge in [0, 0.05) is 67.4 Å². The van der Waals surface area contributed by atoms with E-state index in [-0.39, 0.29) is 58.5 Å². The number of aliphatic carboxylic acids is 1. The van der Waals surface area contributed by atoms with Crippen LogP contribution in [-0.4, -0.2) is 218 Å². The lowest BCUT2D eigenvalue weighted by molar-refractivity contribution is -0.331. The second-order valence-electron chi connectivity index (χ2n) is 33.7. The van der Waals surface area contributed by atoms with E-state index in [2.05, 4.69) is 67.0 Å². The molecule has 126 heavy (non-hydrogen) atoms. The van der Waals surface area contributed by atoms with Crippen LogP contribution in [0.1, 0.15) is 222 Å². The number of carboxylic acids is 1. The molecule has 2 saturated heterocycles. The van der Waals surface area contributed by atoms with Crippen molar-refractivity contribution in [3.05, 3.63) is 117 Å². The fourth-order valence-corrected chi connectivity index (χ4v) is 16.9. The lowest BCUT2D eigenvalue weighted by atomic mass is 9.85. The molecule has 2 fully saturated rings. The van der Waals surface area contributed by atoms with Gasteiger partial charge in [0.05, 0.1) is 34.7 Å². The maximum atomic E-state index is 16.4. The van der Waals surface area contributed by atoms with Gasteiger partial charge in [-0.1, -0.05) is 159 Å². The highest BCUT2D eigenvalue weighted by Crippen LogP contribution is 2.50. The number of nitrogens with two attached hydrogens (primary N) is 2. The molecule has 37 heteroatoms. The Balaban J connectivity index is 1.11. The first-order valence-electron chi connectivity index (χ1n) is 43.7. The number of carbonyl (C=O) groups is 8. The average molecular weight is 1800 g/mol. The van der Waals surface area contributed by atoms with Gasteiger partial charge in [0.25, 0.3) is 0 Å². The topological polar surface area (TPSA) is 546 Å². The van der Waals surface area contributed by atoms with Gasteiger partial charge in [-0.3, -0.25) is 33.6 Å². The second kappa shape index (κ2) is 46.6. The molecule has 7 heterocycles. The molecule has 692 valence electrons. The van der Waals surface area contributed by atoms with Crippen LogP contribution in [0.4, 0.5) is 0 Å². The number of carbonyl (C=O) groups excluding carboxylic acids is 7. The van der Waals surface area contributed by atoms with E-state index in [0.717, 1.165) is 113 Å². The molecule has 11 bridgehead atoms. The number of primary amides is 1. The first-order chi connectivity index (χ1) is 60.2. The van der Waals surface area contributed by atoms with E-state index in [9.17, 15) is 60.3 Å².